The zero-order valence-electron chi connectivity index (χ0n) is 12.3. The van der Waals surface area contributed by atoms with Crippen LogP contribution in [0.3, 0.4) is 0 Å². The van der Waals surface area contributed by atoms with Gasteiger partial charge in [0.15, 0.2) is 4.32 Å². The van der Waals surface area contributed by atoms with E-state index in [-0.39, 0.29) is 5.91 Å². The lowest BCUT2D eigenvalue weighted by Gasteiger charge is -2.14. The van der Waals surface area contributed by atoms with Crippen LogP contribution in [0.2, 0.25) is 5.02 Å². The summed E-state index contributed by atoms with van der Waals surface area (Å²) in [6.45, 7) is 0. The molecule has 6 heteroatoms. The minimum Gasteiger partial charge on any atom is -0.268 e. The van der Waals surface area contributed by atoms with Crippen molar-refractivity contribution in [1.29, 1.82) is 0 Å². The summed E-state index contributed by atoms with van der Waals surface area (Å²) >= 11 is 16.0. The predicted octanol–water partition coefficient (Wildman–Crippen LogP) is 6.06. The van der Waals surface area contributed by atoms with Gasteiger partial charge < -0.3 is 0 Å². The van der Waals surface area contributed by atoms with E-state index in [4.69, 9.17) is 23.8 Å². The molecule has 0 radical (unpaired) electrons. The zero-order valence-corrected chi connectivity index (χ0v) is 16.3. The number of allylic oxidation sites excluding steroid dienone is 2. The van der Waals surface area contributed by atoms with E-state index in [1.54, 1.807) is 24.3 Å². The summed E-state index contributed by atoms with van der Waals surface area (Å²) in [5.74, 6) is -0.132. The van der Waals surface area contributed by atoms with Crippen molar-refractivity contribution < 1.29 is 4.79 Å². The lowest BCUT2D eigenvalue weighted by Crippen LogP contribution is -2.27. The van der Waals surface area contributed by atoms with Crippen molar-refractivity contribution in [1.82, 2.24) is 0 Å². The Labute approximate surface area is 163 Å². The second-order valence-corrected chi connectivity index (χ2v) is 7.96. The van der Waals surface area contributed by atoms with Crippen LogP contribution in [0.5, 0.6) is 0 Å². The SMILES string of the molecule is O=C1/C(=C\C=C\c2ccc(Br)cc2)SC(=S)N1c1cccc(Cl)c1. The minimum absolute atomic E-state index is 0.132. The second-order valence-electron chi connectivity index (χ2n) is 4.93. The molecule has 1 amide bonds. The van der Waals surface area contributed by atoms with Crippen LogP contribution in [0.1, 0.15) is 5.56 Å². The second kappa shape index (κ2) is 7.66. The fraction of sp³-hybridized carbons (Fsp3) is 0. The quantitative estimate of drug-likeness (QED) is 0.430. The molecule has 3 rings (SSSR count). The first-order valence-electron chi connectivity index (χ1n) is 7.00. The molecule has 0 bridgehead atoms. The summed E-state index contributed by atoms with van der Waals surface area (Å²) in [5, 5.41) is 0.570. The maximum Gasteiger partial charge on any atom is 0.270 e. The van der Waals surface area contributed by atoms with Crippen molar-refractivity contribution in [2.75, 3.05) is 4.90 Å². The number of carbonyl (C=O) groups is 1. The van der Waals surface area contributed by atoms with Crippen molar-refractivity contribution in [2.24, 2.45) is 0 Å². The highest BCUT2D eigenvalue weighted by Crippen LogP contribution is 2.35. The van der Waals surface area contributed by atoms with Gasteiger partial charge in [0.05, 0.1) is 10.6 Å². The Balaban J connectivity index is 1.79. The Kier molecular flexibility index (Phi) is 5.56. The Morgan fingerprint density at radius 1 is 1.17 bits per heavy atom. The summed E-state index contributed by atoms with van der Waals surface area (Å²) in [4.78, 5) is 14.7. The Bertz CT molecular complexity index is 862. The van der Waals surface area contributed by atoms with Crippen LogP contribution in [-0.2, 0) is 4.79 Å². The monoisotopic (exact) mass is 435 g/mol. The van der Waals surface area contributed by atoms with E-state index in [0.29, 0.717) is 19.9 Å². The molecule has 120 valence electrons. The fourth-order valence-electron chi connectivity index (χ4n) is 2.14. The molecule has 1 saturated heterocycles. The number of thiocarbonyl (C=S) groups is 1. The van der Waals surface area contributed by atoms with Crippen LogP contribution in [0.15, 0.2) is 70.1 Å². The number of halogens is 2. The Hall–Kier alpha value is -1.40. The lowest BCUT2D eigenvalue weighted by molar-refractivity contribution is -0.113. The molecule has 1 aliphatic heterocycles. The van der Waals surface area contributed by atoms with Crippen molar-refractivity contribution in [2.45, 2.75) is 0 Å². The highest BCUT2D eigenvalue weighted by atomic mass is 79.9. The zero-order chi connectivity index (χ0) is 17.1. The van der Waals surface area contributed by atoms with Gasteiger partial charge in [-0.05, 0) is 42.0 Å². The third-order valence-corrected chi connectivity index (χ3v) is 5.35. The van der Waals surface area contributed by atoms with Crippen LogP contribution in [-0.4, -0.2) is 10.2 Å². The van der Waals surface area contributed by atoms with E-state index in [9.17, 15) is 4.79 Å². The van der Waals surface area contributed by atoms with E-state index < -0.39 is 0 Å². The van der Waals surface area contributed by atoms with Crippen LogP contribution in [0.25, 0.3) is 6.08 Å². The number of thioether (sulfide) groups is 1. The number of benzene rings is 2. The summed E-state index contributed by atoms with van der Waals surface area (Å²) in [5.41, 5.74) is 1.74. The first-order chi connectivity index (χ1) is 11.5. The van der Waals surface area contributed by atoms with Gasteiger partial charge in [0.25, 0.3) is 5.91 Å². The first-order valence-corrected chi connectivity index (χ1v) is 9.40. The molecule has 2 aromatic rings. The molecule has 0 atom stereocenters. The maximum absolute atomic E-state index is 12.6. The van der Waals surface area contributed by atoms with E-state index in [2.05, 4.69) is 15.9 Å². The van der Waals surface area contributed by atoms with Gasteiger partial charge >= 0.3 is 0 Å². The Morgan fingerprint density at radius 3 is 2.62 bits per heavy atom. The molecule has 2 aromatic carbocycles. The van der Waals surface area contributed by atoms with Crippen LogP contribution < -0.4 is 4.90 Å². The van der Waals surface area contributed by atoms with E-state index in [1.165, 1.54) is 16.7 Å². The number of nitrogens with zero attached hydrogens (tertiary/aromatic N) is 1. The van der Waals surface area contributed by atoms with Gasteiger partial charge in [0.2, 0.25) is 0 Å². The molecule has 0 N–H and O–H groups in total. The minimum atomic E-state index is -0.132. The number of carbonyl (C=O) groups excluding carboxylic acids is 1. The van der Waals surface area contributed by atoms with Crippen molar-refractivity contribution in [3.8, 4) is 0 Å². The normalized spacial score (nSPS) is 16.6. The Morgan fingerprint density at radius 2 is 1.92 bits per heavy atom. The lowest BCUT2D eigenvalue weighted by atomic mass is 10.2. The van der Waals surface area contributed by atoms with Crippen molar-refractivity contribution in [3.63, 3.8) is 0 Å². The standard InChI is InChI=1S/C18H11BrClNOS2/c19-13-9-7-12(8-10-13)3-1-6-16-17(22)21(18(23)24-16)15-5-2-4-14(20)11-15/h1-11H/b3-1+,16-6+. The van der Waals surface area contributed by atoms with Gasteiger partial charge in [-0.1, -0.05) is 81.9 Å². The summed E-state index contributed by atoms with van der Waals surface area (Å²) in [7, 11) is 0. The summed E-state index contributed by atoms with van der Waals surface area (Å²) < 4.78 is 1.53. The smallest absolute Gasteiger partial charge is 0.268 e. The van der Waals surface area contributed by atoms with Crippen molar-refractivity contribution in [3.05, 3.63) is 80.6 Å². The number of anilines is 1. The average Bonchev–Trinajstić information content (AvgIpc) is 2.83. The molecule has 0 unspecified atom stereocenters. The van der Waals surface area contributed by atoms with Gasteiger partial charge in [-0.2, -0.15) is 0 Å². The summed E-state index contributed by atoms with van der Waals surface area (Å²) in [6.07, 6.45) is 5.58. The molecule has 24 heavy (non-hydrogen) atoms. The highest BCUT2D eigenvalue weighted by molar-refractivity contribution is 9.10. The highest BCUT2D eigenvalue weighted by Gasteiger charge is 2.32. The molecule has 0 aliphatic carbocycles. The molecule has 1 fully saturated rings. The summed E-state index contributed by atoms with van der Waals surface area (Å²) in [6, 6.07) is 15.0. The van der Waals surface area contributed by atoms with Gasteiger partial charge in [-0.25, -0.2) is 0 Å². The van der Waals surface area contributed by atoms with Crippen LogP contribution >= 0.6 is 51.5 Å². The fourth-order valence-corrected chi connectivity index (χ4v) is 3.84. The predicted molar refractivity (Wildman–Crippen MR) is 110 cm³/mol. The van der Waals surface area contributed by atoms with E-state index in [0.717, 1.165) is 10.0 Å². The molecule has 1 aliphatic rings. The van der Waals surface area contributed by atoms with Gasteiger partial charge in [0, 0.05) is 9.50 Å². The van der Waals surface area contributed by atoms with Gasteiger partial charge in [0.1, 0.15) is 0 Å². The molecule has 0 spiro atoms. The molecule has 2 nitrogen and oxygen atoms in total. The van der Waals surface area contributed by atoms with Crippen molar-refractivity contribution >= 4 is 73.5 Å². The number of amides is 1. The molecular weight excluding hydrogens is 426 g/mol. The largest absolute Gasteiger partial charge is 0.270 e. The van der Waals surface area contributed by atoms with E-state index in [1.807, 2.05) is 42.5 Å². The number of hydrogen-bond acceptors (Lipinski definition) is 3. The van der Waals surface area contributed by atoms with E-state index >= 15 is 0 Å². The van der Waals surface area contributed by atoms with Gasteiger partial charge in [-0.3, -0.25) is 9.69 Å². The van der Waals surface area contributed by atoms with Gasteiger partial charge in [-0.15, -0.1) is 0 Å². The number of rotatable bonds is 3. The first kappa shape index (κ1) is 17.4. The van der Waals surface area contributed by atoms with Crippen LogP contribution in [0.4, 0.5) is 5.69 Å². The molecule has 1 heterocycles. The molecule has 0 aromatic heterocycles. The third-order valence-electron chi connectivity index (χ3n) is 3.27. The van der Waals surface area contributed by atoms with Crippen LogP contribution in [0, 0.1) is 0 Å². The molecular formula is C18H11BrClNOS2. The topological polar surface area (TPSA) is 20.3 Å². The number of hydrogen-bond donors (Lipinski definition) is 0. The maximum atomic E-state index is 12.6. The third kappa shape index (κ3) is 3.98. The average molecular weight is 437 g/mol. The molecule has 0 saturated carbocycles.